The molecule has 1 aromatic heterocycles. The van der Waals surface area contributed by atoms with Crippen molar-refractivity contribution in [1.29, 1.82) is 0 Å². The maximum atomic E-state index is 6.20. The van der Waals surface area contributed by atoms with Crippen LogP contribution >= 0.6 is 27.5 Å². The highest BCUT2D eigenvalue weighted by Gasteiger charge is 2.17. The molecule has 1 unspecified atom stereocenters. The molecular weight excluding hydrogens is 314 g/mol. The molecule has 2 aromatic rings. The average molecular weight is 329 g/mol. The standard InChI is InChI=1S/C13H15BrClN3/c1-8(2)13(16)12-6-17-7-18(12)11-5-9(15)3-4-10(11)14/h3-8,13H,16H2,1-2H3. The van der Waals surface area contributed by atoms with Crippen LogP contribution in [0.25, 0.3) is 5.69 Å². The zero-order valence-electron chi connectivity index (χ0n) is 10.3. The molecule has 0 saturated heterocycles. The van der Waals surface area contributed by atoms with Gasteiger partial charge in [-0.2, -0.15) is 0 Å². The Balaban J connectivity index is 2.52. The summed E-state index contributed by atoms with van der Waals surface area (Å²) in [7, 11) is 0. The van der Waals surface area contributed by atoms with E-state index < -0.39 is 0 Å². The zero-order valence-corrected chi connectivity index (χ0v) is 12.6. The van der Waals surface area contributed by atoms with Crippen LogP contribution in [0.2, 0.25) is 5.02 Å². The minimum atomic E-state index is -0.0571. The molecule has 0 amide bonds. The lowest BCUT2D eigenvalue weighted by Crippen LogP contribution is -2.20. The lowest BCUT2D eigenvalue weighted by molar-refractivity contribution is 0.497. The molecule has 0 bridgehead atoms. The largest absolute Gasteiger partial charge is 0.322 e. The number of imidazole rings is 1. The molecule has 2 N–H and O–H groups in total. The van der Waals surface area contributed by atoms with Crippen molar-refractivity contribution in [2.24, 2.45) is 11.7 Å². The molecule has 0 fully saturated rings. The lowest BCUT2D eigenvalue weighted by atomic mass is 10.0. The number of aromatic nitrogens is 2. The van der Waals surface area contributed by atoms with Crippen molar-refractivity contribution < 1.29 is 0 Å². The van der Waals surface area contributed by atoms with Crippen LogP contribution in [-0.2, 0) is 0 Å². The van der Waals surface area contributed by atoms with Gasteiger partial charge in [0.15, 0.2) is 0 Å². The van der Waals surface area contributed by atoms with E-state index in [2.05, 4.69) is 34.8 Å². The minimum absolute atomic E-state index is 0.0571. The van der Waals surface area contributed by atoms with E-state index in [9.17, 15) is 0 Å². The van der Waals surface area contributed by atoms with Crippen LogP contribution in [0, 0.1) is 5.92 Å². The van der Waals surface area contributed by atoms with Crippen LogP contribution < -0.4 is 5.73 Å². The van der Waals surface area contributed by atoms with Gasteiger partial charge in [-0.15, -0.1) is 0 Å². The lowest BCUT2D eigenvalue weighted by Gasteiger charge is -2.18. The van der Waals surface area contributed by atoms with E-state index in [1.54, 1.807) is 12.5 Å². The van der Waals surface area contributed by atoms with Crippen LogP contribution in [0.4, 0.5) is 0 Å². The molecule has 0 aliphatic rings. The van der Waals surface area contributed by atoms with Gasteiger partial charge in [-0.05, 0) is 40.0 Å². The van der Waals surface area contributed by atoms with Gasteiger partial charge in [-0.1, -0.05) is 25.4 Å². The first-order valence-corrected chi connectivity index (χ1v) is 6.91. The summed E-state index contributed by atoms with van der Waals surface area (Å²) in [6.07, 6.45) is 3.56. The Labute approximate surface area is 120 Å². The Morgan fingerprint density at radius 3 is 2.78 bits per heavy atom. The van der Waals surface area contributed by atoms with Crippen LogP contribution in [-0.4, -0.2) is 9.55 Å². The highest BCUT2D eigenvalue weighted by molar-refractivity contribution is 9.10. The summed E-state index contributed by atoms with van der Waals surface area (Å²) in [5.74, 6) is 0.346. The summed E-state index contributed by atoms with van der Waals surface area (Å²) < 4.78 is 2.93. The van der Waals surface area contributed by atoms with Crippen molar-refractivity contribution in [2.45, 2.75) is 19.9 Å². The van der Waals surface area contributed by atoms with Gasteiger partial charge in [0.2, 0.25) is 0 Å². The first kappa shape index (κ1) is 13.6. The van der Waals surface area contributed by atoms with Gasteiger partial charge in [-0.25, -0.2) is 4.98 Å². The third-order valence-electron chi connectivity index (χ3n) is 2.89. The highest BCUT2D eigenvalue weighted by atomic mass is 79.9. The first-order chi connectivity index (χ1) is 8.50. The first-order valence-electron chi connectivity index (χ1n) is 5.74. The predicted molar refractivity (Wildman–Crippen MR) is 78.0 cm³/mol. The summed E-state index contributed by atoms with van der Waals surface area (Å²) in [4.78, 5) is 4.19. The molecule has 1 heterocycles. The van der Waals surface area contributed by atoms with E-state index in [-0.39, 0.29) is 6.04 Å². The Morgan fingerprint density at radius 1 is 1.39 bits per heavy atom. The Kier molecular flexibility index (Phi) is 4.10. The molecular formula is C13H15BrClN3. The molecule has 0 saturated carbocycles. The number of hydrogen-bond donors (Lipinski definition) is 1. The van der Waals surface area contributed by atoms with Gasteiger partial charge in [-0.3, -0.25) is 0 Å². The van der Waals surface area contributed by atoms with E-state index >= 15 is 0 Å². The van der Waals surface area contributed by atoms with Crippen LogP contribution in [0.5, 0.6) is 0 Å². The number of hydrogen-bond acceptors (Lipinski definition) is 2. The fourth-order valence-corrected chi connectivity index (χ4v) is 2.37. The number of nitrogens with zero attached hydrogens (tertiary/aromatic N) is 2. The van der Waals surface area contributed by atoms with Crippen LogP contribution in [0.3, 0.4) is 0 Å². The Hall–Kier alpha value is -0.840. The minimum Gasteiger partial charge on any atom is -0.322 e. The van der Waals surface area contributed by atoms with E-state index in [1.165, 1.54) is 0 Å². The molecule has 18 heavy (non-hydrogen) atoms. The van der Waals surface area contributed by atoms with E-state index in [0.717, 1.165) is 15.9 Å². The Bertz CT molecular complexity index is 551. The highest BCUT2D eigenvalue weighted by Crippen LogP contribution is 2.28. The predicted octanol–water partition coefficient (Wildman–Crippen LogP) is 3.94. The van der Waals surface area contributed by atoms with E-state index in [4.69, 9.17) is 17.3 Å². The van der Waals surface area contributed by atoms with Gasteiger partial charge in [0.25, 0.3) is 0 Å². The zero-order chi connectivity index (χ0) is 13.3. The summed E-state index contributed by atoms with van der Waals surface area (Å²) in [6.45, 7) is 4.18. The monoisotopic (exact) mass is 327 g/mol. The number of halogens is 2. The molecule has 3 nitrogen and oxygen atoms in total. The van der Waals surface area contributed by atoms with Gasteiger partial charge in [0.1, 0.15) is 0 Å². The summed E-state index contributed by atoms with van der Waals surface area (Å²) in [6, 6.07) is 5.60. The van der Waals surface area contributed by atoms with Gasteiger partial charge >= 0.3 is 0 Å². The molecule has 1 atom stereocenters. The molecule has 2 rings (SSSR count). The summed E-state index contributed by atoms with van der Waals surface area (Å²) in [5, 5.41) is 0.686. The van der Waals surface area contributed by atoms with E-state index in [1.807, 2.05) is 22.8 Å². The van der Waals surface area contributed by atoms with Gasteiger partial charge in [0.05, 0.1) is 23.9 Å². The van der Waals surface area contributed by atoms with Crippen molar-refractivity contribution in [3.05, 3.63) is 45.9 Å². The van der Waals surface area contributed by atoms with Crippen molar-refractivity contribution >= 4 is 27.5 Å². The SMILES string of the molecule is CC(C)C(N)c1cncn1-c1cc(Cl)ccc1Br. The maximum Gasteiger partial charge on any atom is 0.0995 e. The maximum absolute atomic E-state index is 6.20. The number of rotatable bonds is 3. The molecule has 0 aliphatic heterocycles. The average Bonchev–Trinajstić information content (AvgIpc) is 2.80. The topological polar surface area (TPSA) is 43.8 Å². The Morgan fingerprint density at radius 2 is 2.11 bits per heavy atom. The van der Waals surface area contributed by atoms with Gasteiger partial charge < -0.3 is 10.3 Å². The quantitative estimate of drug-likeness (QED) is 0.927. The molecule has 96 valence electrons. The molecule has 0 spiro atoms. The van der Waals surface area contributed by atoms with Gasteiger partial charge in [0, 0.05) is 15.5 Å². The molecule has 5 heteroatoms. The number of benzene rings is 1. The molecule has 1 aromatic carbocycles. The second-order valence-corrected chi connectivity index (χ2v) is 5.84. The van der Waals surface area contributed by atoms with Crippen molar-refractivity contribution in [1.82, 2.24) is 9.55 Å². The summed E-state index contributed by atoms with van der Waals surface area (Å²) >= 11 is 9.57. The molecule has 0 aliphatic carbocycles. The molecule has 0 radical (unpaired) electrons. The fourth-order valence-electron chi connectivity index (χ4n) is 1.77. The third kappa shape index (κ3) is 2.60. The van der Waals surface area contributed by atoms with Crippen molar-refractivity contribution in [2.75, 3.05) is 0 Å². The summed E-state index contributed by atoms with van der Waals surface area (Å²) in [5.41, 5.74) is 8.13. The normalized spacial score (nSPS) is 13.0. The van der Waals surface area contributed by atoms with E-state index in [0.29, 0.717) is 10.9 Å². The van der Waals surface area contributed by atoms with Crippen molar-refractivity contribution in [3.63, 3.8) is 0 Å². The second-order valence-electron chi connectivity index (χ2n) is 4.55. The van der Waals surface area contributed by atoms with Crippen molar-refractivity contribution in [3.8, 4) is 5.69 Å². The van der Waals surface area contributed by atoms with Crippen LogP contribution in [0.15, 0.2) is 35.2 Å². The third-order valence-corrected chi connectivity index (χ3v) is 3.80. The second kappa shape index (κ2) is 5.43. The smallest absolute Gasteiger partial charge is 0.0995 e. The number of nitrogens with two attached hydrogens (primary N) is 1. The fraction of sp³-hybridized carbons (Fsp3) is 0.308. The van der Waals surface area contributed by atoms with Crippen LogP contribution in [0.1, 0.15) is 25.6 Å².